The number of amides is 3. The lowest BCUT2D eigenvalue weighted by molar-refractivity contribution is -0.143. The number of likely N-dealkylation sites (tertiary alicyclic amines) is 1. The monoisotopic (exact) mass is 1300 g/mol. The van der Waals surface area contributed by atoms with E-state index in [1.54, 1.807) is 36.4 Å². The number of halogens is 3. The lowest BCUT2D eigenvalue weighted by atomic mass is 9.79. The van der Waals surface area contributed by atoms with E-state index < -0.39 is 17.2 Å². The van der Waals surface area contributed by atoms with Gasteiger partial charge in [-0.1, -0.05) is 6.07 Å². The molecule has 28 heteroatoms. The molecular formula is C63H104F3N7O18. The van der Waals surface area contributed by atoms with E-state index in [1.807, 2.05) is 25.2 Å². The van der Waals surface area contributed by atoms with Crippen LogP contribution in [-0.4, -0.2) is 281 Å². The number of likely N-dealkylation sites (N-methyl/N-ethyl adjacent to an activating group) is 1. The predicted molar refractivity (Wildman–Crippen MR) is 328 cm³/mol. The van der Waals surface area contributed by atoms with Crippen molar-refractivity contribution < 1.29 is 98.7 Å². The molecule has 2 aromatic rings. The Kier molecular flexibility index (Phi) is 43.4. The summed E-state index contributed by atoms with van der Waals surface area (Å²) in [5.74, 6) is -0.187. The van der Waals surface area contributed by atoms with E-state index >= 15 is 0 Å². The second-order valence-electron chi connectivity index (χ2n) is 22.0. The number of pyridine rings is 2. The summed E-state index contributed by atoms with van der Waals surface area (Å²) in [5.41, 5.74) is -0.513. The van der Waals surface area contributed by atoms with Crippen molar-refractivity contribution in [1.29, 1.82) is 0 Å². The van der Waals surface area contributed by atoms with Crippen molar-refractivity contribution in [2.45, 2.75) is 88.7 Å². The molecule has 0 radical (unpaired) electrons. The first kappa shape index (κ1) is 79.0. The van der Waals surface area contributed by atoms with Crippen LogP contribution in [-0.2, 0) is 105 Å². The Labute approximate surface area is 535 Å². The Balaban J connectivity index is 0.00000102. The van der Waals surface area contributed by atoms with Crippen molar-refractivity contribution in [3.05, 3.63) is 59.7 Å². The normalized spacial score (nSPS) is 19.8. The van der Waals surface area contributed by atoms with Crippen molar-refractivity contribution in [1.82, 2.24) is 35.7 Å². The number of nitrogens with zero attached hydrogens (tertiary/aromatic N) is 4. The molecule has 3 aliphatic heterocycles. The number of rotatable bonds is 48. The quantitative estimate of drug-likeness (QED) is 0.0633. The van der Waals surface area contributed by atoms with E-state index in [0.29, 0.717) is 235 Å². The van der Waals surface area contributed by atoms with Crippen molar-refractivity contribution >= 4 is 24.0 Å². The van der Waals surface area contributed by atoms with Crippen LogP contribution in [0, 0.1) is 11.3 Å². The van der Waals surface area contributed by atoms with Gasteiger partial charge in [0.15, 0.2) is 0 Å². The van der Waals surface area contributed by atoms with Crippen LogP contribution in [0.15, 0.2) is 42.9 Å². The maximum absolute atomic E-state index is 14.4. The highest BCUT2D eigenvalue weighted by molar-refractivity contribution is 5.84. The van der Waals surface area contributed by atoms with Crippen molar-refractivity contribution in [3.63, 3.8) is 0 Å². The van der Waals surface area contributed by atoms with Crippen molar-refractivity contribution in [2.24, 2.45) is 11.3 Å². The second-order valence-corrected chi connectivity index (χ2v) is 22.0. The molecular weight excluding hydrogens is 1200 g/mol. The van der Waals surface area contributed by atoms with Gasteiger partial charge in [0.05, 0.1) is 182 Å². The first-order chi connectivity index (χ1) is 44.4. The fourth-order valence-corrected chi connectivity index (χ4v) is 10.2. The van der Waals surface area contributed by atoms with Crippen LogP contribution in [0.4, 0.5) is 13.2 Å². The first-order valence-electron chi connectivity index (χ1n) is 32.0. The van der Waals surface area contributed by atoms with Crippen LogP contribution < -0.4 is 16.0 Å². The van der Waals surface area contributed by atoms with Gasteiger partial charge < -0.3 is 96.9 Å². The van der Waals surface area contributed by atoms with Crippen LogP contribution in [0.3, 0.4) is 0 Å². The highest BCUT2D eigenvalue weighted by Gasteiger charge is 2.48. The average molecular weight is 1300 g/mol. The van der Waals surface area contributed by atoms with Crippen LogP contribution in [0.1, 0.15) is 68.2 Å². The minimum Gasteiger partial charge on any atom is -0.379 e. The summed E-state index contributed by atoms with van der Waals surface area (Å²) >= 11 is 0. The minimum atomic E-state index is -4.52. The standard InChI is InChI=1S/C52H90F3N5O16.C6H9NO2.C5H5N/c1-56-11-15-65-17-19-67-21-23-69-25-27-71-29-31-73-33-35-75-37-36-74-34-32-72-30-28-70-26-24-68-22-20-66-18-16-64-14-7-49(61)57-10-3-8-51(9-4-45(39-51)59-47-6-13-76-42-48(47)63-2)50(62)60-12-5-46-43(41-60)38-44(40-58-46)52(53,54)55;1-7-3-5(4-8)2-6(7)9;1-2-4-6-5-3-1/h38,40,45,47-48,56,59H,3-37,39,41-42H2,1-2H3,(H,57,61);4-5H,2-3H2,1H3;1-5H. The van der Waals surface area contributed by atoms with Gasteiger partial charge in [0, 0.05) is 115 Å². The number of ether oxygens (including phenoxy) is 14. The average Bonchev–Trinajstić information content (AvgIpc) is 1.80. The number of hydrogen-bond donors (Lipinski definition) is 3. The molecule has 3 amide bonds. The third kappa shape index (κ3) is 35.6. The van der Waals surface area contributed by atoms with E-state index in [-0.39, 0.29) is 61.4 Å². The molecule has 5 atom stereocenters. The molecule has 0 spiro atoms. The molecule has 5 heterocycles. The van der Waals surface area contributed by atoms with Crippen LogP contribution >= 0.6 is 0 Å². The maximum Gasteiger partial charge on any atom is 0.417 e. The summed E-state index contributed by atoms with van der Waals surface area (Å²) < 4.78 is 118. The lowest BCUT2D eigenvalue weighted by Gasteiger charge is -2.38. The molecule has 2 aromatic heterocycles. The number of aldehydes is 1. The molecule has 1 aliphatic carbocycles. The number of nitrogens with one attached hydrogen (secondary N) is 3. The summed E-state index contributed by atoms with van der Waals surface area (Å²) in [5, 5.41) is 9.70. The van der Waals surface area contributed by atoms with Gasteiger partial charge in [-0.3, -0.25) is 24.4 Å². The SMILES string of the molecule is CN1CC(C=O)CC1=O.CNCCOCCOCCOCCOCCOCCOCCOCCOCCOCCOCCOCCOCCC(=O)NCCCC1(C(=O)N2CCc3ncc(C(F)(F)F)cc3C2)CCC(NC2CCOCC2OC)C1.c1ccncc1. The molecule has 0 aromatic carbocycles. The zero-order chi connectivity index (χ0) is 65.3. The van der Waals surface area contributed by atoms with Gasteiger partial charge in [-0.05, 0) is 69.3 Å². The minimum absolute atomic E-state index is 0.0532. The van der Waals surface area contributed by atoms with E-state index in [1.165, 1.54) is 0 Å². The largest absolute Gasteiger partial charge is 0.417 e. The Morgan fingerprint density at radius 1 is 0.725 bits per heavy atom. The van der Waals surface area contributed by atoms with Gasteiger partial charge in [0.2, 0.25) is 17.7 Å². The van der Waals surface area contributed by atoms with E-state index in [0.717, 1.165) is 37.9 Å². The topological polar surface area (TPSA) is 266 Å². The molecule has 91 heavy (non-hydrogen) atoms. The molecule has 6 rings (SSSR count). The number of methoxy groups -OCH3 is 1. The van der Waals surface area contributed by atoms with Gasteiger partial charge in [-0.15, -0.1) is 0 Å². The molecule has 3 fully saturated rings. The molecule has 3 N–H and O–H groups in total. The number of alkyl halides is 3. The smallest absolute Gasteiger partial charge is 0.379 e. The molecule has 0 bridgehead atoms. The molecule has 1 saturated carbocycles. The summed E-state index contributed by atoms with van der Waals surface area (Å²) in [6.07, 6.45) is 5.47. The number of aromatic nitrogens is 2. The van der Waals surface area contributed by atoms with E-state index in [9.17, 15) is 32.3 Å². The Bertz CT molecular complexity index is 2160. The number of hydrogen-bond acceptors (Lipinski definition) is 22. The van der Waals surface area contributed by atoms with Gasteiger partial charge in [-0.25, -0.2) is 0 Å². The zero-order valence-corrected chi connectivity index (χ0v) is 54.0. The second kappa shape index (κ2) is 50.0. The lowest BCUT2D eigenvalue weighted by Crippen LogP contribution is -2.51. The zero-order valence-electron chi connectivity index (χ0n) is 54.0. The van der Waals surface area contributed by atoms with Crippen LogP contribution in [0.5, 0.6) is 0 Å². The molecule has 520 valence electrons. The summed E-state index contributed by atoms with van der Waals surface area (Å²) in [6.45, 7) is 14.6. The number of fused-ring (bicyclic) bond motifs is 1. The first-order valence-corrected chi connectivity index (χ1v) is 32.0. The summed E-state index contributed by atoms with van der Waals surface area (Å²) in [4.78, 5) is 59.1. The maximum atomic E-state index is 14.4. The molecule has 5 unspecified atom stereocenters. The Hall–Kier alpha value is -4.47. The van der Waals surface area contributed by atoms with Gasteiger partial charge in [0.25, 0.3) is 0 Å². The third-order valence-electron chi connectivity index (χ3n) is 15.1. The number of carbonyl (C=O) groups is 4. The van der Waals surface area contributed by atoms with E-state index in [4.69, 9.17) is 66.3 Å². The van der Waals surface area contributed by atoms with Crippen LogP contribution in [0.25, 0.3) is 0 Å². The third-order valence-corrected chi connectivity index (χ3v) is 15.1. The fourth-order valence-electron chi connectivity index (χ4n) is 10.2. The predicted octanol–water partition coefficient (Wildman–Crippen LogP) is 3.37. The van der Waals surface area contributed by atoms with E-state index in [2.05, 4.69) is 25.9 Å². The Morgan fingerprint density at radius 2 is 1.24 bits per heavy atom. The van der Waals surface area contributed by atoms with Crippen molar-refractivity contribution in [2.75, 3.05) is 219 Å². The van der Waals surface area contributed by atoms with Gasteiger partial charge in [0.1, 0.15) is 6.29 Å². The van der Waals surface area contributed by atoms with Crippen molar-refractivity contribution in [3.8, 4) is 0 Å². The van der Waals surface area contributed by atoms with Crippen LogP contribution in [0.2, 0.25) is 0 Å². The van der Waals surface area contributed by atoms with Gasteiger partial charge >= 0.3 is 6.18 Å². The molecule has 2 saturated heterocycles. The highest BCUT2D eigenvalue weighted by atomic mass is 19.4. The fraction of sp³-hybridized carbons (Fsp3) is 0.778. The molecule has 4 aliphatic rings. The summed E-state index contributed by atoms with van der Waals surface area (Å²) in [7, 11) is 5.27. The summed E-state index contributed by atoms with van der Waals surface area (Å²) in [6, 6.07) is 6.99. The van der Waals surface area contributed by atoms with Gasteiger partial charge in [-0.2, -0.15) is 13.2 Å². The molecule has 25 nitrogen and oxygen atoms in total. The highest BCUT2D eigenvalue weighted by Crippen LogP contribution is 2.45. The Morgan fingerprint density at radius 3 is 1.67 bits per heavy atom. The number of carbonyl (C=O) groups excluding carboxylic acids is 4.